The summed E-state index contributed by atoms with van der Waals surface area (Å²) >= 11 is 6.98. The van der Waals surface area contributed by atoms with Crippen molar-refractivity contribution in [2.24, 2.45) is 0 Å². The summed E-state index contributed by atoms with van der Waals surface area (Å²) in [5.74, 6) is 1.22. The van der Waals surface area contributed by atoms with Crippen LogP contribution in [0.2, 0.25) is 0 Å². The van der Waals surface area contributed by atoms with Gasteiger partial charge in [0.15, 0.2) is 11.5 Å². The number of ether oxygens (including phenoxy) is 2. The lowest BCUT2D eigenvalue weighted by Crippen LogP contribution is -2.27. The normalized spacial score (nSPS) is 11.7. The van der Waals surface area contributed by atoms with Crippen LogP contribution in [0.4, 0.5) is 0 Å². The van der Waals surface area contributed by atoms with Crippen LogP contribution in [-0.4, -0.2) is 19.1 Å². The highest BCUT2D eigenvalue weighted by molar-refractivity contribution is 9.10. The van der Waals surface area contributed by atoms with E-state index in [2.05, 4.69) is 37.2 Å². The monoisotopic (exact) mass is 469 g/mol. The Morgan fingerprint density at radius 1 is 1.04 bits per heavy atom. The molecule has 0 saturated heterocycles. The molecule has 0 aliphatic carbocycles. The summed E-state index contributed by atoms with van der Waals surface area (Å²) in [6, 6.07) is 10.9. The number of nitrogens with one attached hydrogen (secondary N) is 1. The highest BCUT2D eigenvalue weighted by atomic mass is 79.9. The third-order valence-electron chi connectivity index (χ3n) is 3.60. The Morgan fingerprint density at radius 3 is 2.24 bits per heavy atom. The summed E-state index contributed by atoms with van der Waals surface area (Å²) in [6.07, 6.45) is 0. The van der Waals surface area contributed by atoms with Crippen molar-refractivity contribution in [2.75, 3.05) is 13.2 Å². The van der Waals surface area contributed by atoms with Crippen LogP contribution in [0.15, 0.2) is 45.3 Å². The van der Waals surface area contributed by atoms with Gasteiger partial charge in [0.25, 0.3) is 5.91 Å². The van der Waals surface area contributed by atoms with Gasteiger partial charge in [-0.1, -0.05) is 28.1 Å². The number of hydrogen-bond donors (Lipinski definition) is 1. The molecule has 0 unspecified atom stereocenters. The van der Waals surface area contributed by atoms with Gasteiger partial charge in [-0.25, -0.2) is 0 Å². The molecule has 1 amide bonds. The van der Waals surface area contributed by atoms with Gasteiger partial charge >= 0.3 is 0 Å². The SMILES string of the molecule is CCOc1cc(Br)c([C@H](C)NC(=O)c2ccccc2Br)cc1OCC. The molecule has 0 bridgehead atoms. The molecular formula is C19H21Br2NO3. The number of benzene rings is 2. The van der Waals surface area contributed by atoms with Gasteiger partial charge in [0.05, 0.1) is 24.8 Å². The number of amides is 1. The van der Waals surface area contributed by atoms with Crippen LogP contribution >= 0.6 is 31.9 Å². The van der Waals surface area contributed by atoms with Crippen LogP contribution in [0.1, 0.15) is 42.7 Å². The van der Waals surface area contributed by atoms with E-state index in [1.165, 1.54) is 0 Å². The molecular weight excluding hydrogens is 450 g/mol. The molecule has 134 valence electrons. The molecule has 0 fully saturated rings. The van der Waals surface area contributed by atoms with Crippen LogP contribution in [0, 0.1) is 0 Å². The van der Waals surface area contributed by atoms with Gasteiger partial charge in [-0.05, 0) is 66.5 Å². The summed E-state index contributed by atoms with van der Waals surface area (Å²) in [6.45, 7) is 6.89. The van der Waals surface area contributed by atoms with Gasteiger partial charge in [0, 0.05) is 8.95 Å². The molecule has 2 rings (SSSR count). The van der Waals surface area contributed by atoms with Crippen molar-refractivity contribution >= 4 is 37.8 Å². The lowest BCUT2D eigenvalue weighted by atomic mass is 10.1. The summed E-state index contributed by atoms with van der Waals surface area (Å²) in [4.78, 5) is 12.5. The molecule has 1 N–H and O–H groups in total. The van der Waals surface area contributed by atoms with Gasteiger partial charge in [0.1, 0.15) is 0 Å². The molecule has 25 heavy (non-hydrogen) atoms. The Balaban J connectivity index is 2.26. The first-order chi connectivity index (χ1) is 12.0. The van der Waals surface area contributed by atoms with Crippen molar-refractivity contribution in [1.29, 1.82) is 0 Å². The molecule has 0 aromatic heterocycles. The van der Waals surface area contributed by atoms with Crippen LogP contribution in [0.5, 0.6) is 11.5 Å². The number of hydrogen-bond acceptors (Lipinski definition) is 3. The van der Waals surface area contributed by atoms with E-state index in [-0.39, 0.29) is 11.9 Å². The number of halogens is 2. The minimum Gasteiger partial charge on any atom is -0.490 e. The van der Waals surface area contributed by atoms with Gasteiger partial charge in [-0.3, -0.25) is 4.79 Å². The first-order valence-corrected chi connectivity index (χ1v) is 9.70. The van der Waals surface area contributed by atoms with Crippen LogP contribution in [0.25, 0.3) is 0 Å². The fourth-order valence-corrected chi connectivity index (χ4v) is 3.55. The van der Waals surface area contributed by atoms with E-state index in [1.807, 2.05) is 51.1 Å². The smallest absolute Gasteiger partial charge is 0.252 e. The van der Waals surface area contributed by atoms with Crippen molar-refractivity contribution < 1.29 is 14.3 Å². The molecule has 0 radical (unpaired) electrons. The highest BCUT2D eigenvalue weighted by Crippen LogP contribution is 2.36. The van der Waals surface area contributed by atoms with Gasteiger partial charge in [-0.15, -0.1) is 0 Å². The minimum absolute atomic E-state index is 0.140. The van der Waals surface area contributed by atoms with Crippen LogP contribution < -0.4 is 14.8 Å². The fraction of sp³-hybridized carbons (Fsp3) is 0.316. The second-order valence-corrected chi connectivity index (χ2v) is 7.07. The Labute approximate surface area is 165 Å². The predicted octanol–water partition coefficient (Wildman–Crippen LogP) is 5.50. The van der Waals surface area contributed by atoms with E-state index >= 15 is 0 Å². The lowest BCUT2D eigenvalue weighted by Gasteiger charge is -2.19. The van der Waals surface area contributed by atoms with Gasteiger partial charge in [0.2, 0.25) is 0 Å². The molecule has 0 heterocycles. The summed E-state index contributed by atoms with van der Waals surface area (Å²) in [5.41, 5.74) is 1.52. The minimum atomic E-state index is -0.205. The summed E-state index contributed by atoms with van der Waals surface area (Å²) in [5, 5.41) is 3.02. The maximum absolute atomic E-state index is 12.5. The van der Waals surface area contributed by atoms with Crippen molar-refractivity contribution in [3.05, 3.63) is 56.5 Å². The Kier molecular flexibility index (Phi) is 7.32. The zero-order chi connectivity index (χ0) is 18.4. The average Bonchev–Trinajstić information content (AvgIpc) is 2.57. The van der Waals surface area contributed by atoms with Crippen molar-refractivity contribution in [1.82, 2.24) is 5.32 Å². The molecule has 2 aromatic rings. The van der Waals surface area contributed by atoms with E-state index in [4.69, 9.17) is 9.47 Å². The zero-order valence-electron chi connectivity index (χ0n) is 14.4. The quantitative estimate of drug-likeness (QED) is 0.581. The standard InChI is InChI=1S/C19H21Br2NO3/c1-4-24-17-10-14(16(21)11-18(17)25-5-2)12(3)22-19(23)13-8-6-7-9-15(13)20/h6-12H,4-5H2,1-3H3,(H,22,23)/t12-/m0/s1. The van der Waals surface area contributed by atoms with Crippen molar-refractivity contribution in [3.8, 4) is 11.5 Å². The van der Waals surface area contributed by atoms with E-state index in [0.29, 0.717) is 30.3 Å². The Morgan fingerprint density at radius 2 is 1.64 bits per heavy atom. The Bertz CT molecular complexity index is 749. The van der Waals surface area contributed by atoms with E-state index in [1.54, 1.807) is 6.07 Å². The highest BCUT2D eigenvalue weighted by Gasteiger charge is 2.18. The first kappa shape index (κ1) is 19.8. The zero-order valence-corrected chi connectivity index (χ0v) is 17.6. The molecule has 6 heteroatoms. The third-order valence-corrected chi connectivity index (χ3v) is 4.97. The van der Waals surface area contributed by atoms with E-state index < -0.39 is 0 Å². The fourth-order valence-electron chi connectivity index (χ4n) is 2.42. The second-order valence-electron chi connectivity index (χ2n) is 5.36. The second kappa shape index (κ2) is 9.25. The number of rotatable bonds is 7. The van der Waals surface area contributed by atoms with Crippen LogP contribution in [0.3, 0.4) is 0 Å². The largest absolute Gasteiger partial charge is 0.490 e. The van der Waals surface area contributed by atoms with Crippen molar-refractivity contribution in [3.63, 3.8) is 0 Å². The summed E-state index contributed by atoms with van der Waals surface area (Å²) < 4.78 is 12.9. The maximum atomic E-state index is 12.5. The topological polar surface area (TPSA) is 47.6 Å². The molecule has 2 aromatic carbocycles. The molecule has 1 atom stereocenters. The molecule has 0 aliphatic rings. The molecule has 0 aliphatic heterocycles. The average molecular weight is 471 g/mol. The first-order valence-electron chi connectivity index (χ1n) is 8.12. The van der Waals surface area contributed by atoms with E-state index in [9.17, 15) is 4.79 Å². The Hall–Kier alpha value is -1.53. The predicted molar refractivity (Wildman–Crippen MR) is 107 cm³/mol. The van der Waals surface area contributed by atoms with E-state index in [0.717, 1.165) is 14.5 Å². The summed E-state index contributed by atoms with van der Waals surface area (Å²) in [7, 11) is 0. The molecule has 0 spiro atoms. The van der Waals surface area contributed by atoms with Crippen molar-refractivity contribution in [2.45, 2.75) is 26.8 Å². The van der Waals surface area contributed by atoms with Gasteiger partial charge in [-0.2, -0.15) is 0 Å². The number of carbonyl (C=O) groups is 1. The molecule has 4 nitrogen and oxygen atoms in total. The third kappa shape index (κ3) is 4.98. The molecule has 0 saturated carbocycles. The van der Waals surface area contributed by atoms with Crippen LogP contribution in [-0.2, 0) is 0 Å². The maximum Gasteiger partial charge on any atom is 0.252 e. The van der Waals surface area contributed by atoms with Gasteiger partial charge < -0.3 is 14.8 Å². The number of carbonyl (C=O) groups excluding carboxylic acids is 1. The lowest BCUT2D eigenvalue weighted by molar-refractivity contribution is 0.0939.